The average molecular weight is 239 g/mol. The Kier molecular flexibility index (Phi) is 3.24. The third-order valence-electron chi connectivity index (χ3n) is 2.85. The molecule has 0 atom stereocenters. The van der Waals surface area contributed by atoms with E-state index in [1.54, 1.807) is 12.3 Å². The molecule has 90 valence electrons. The van der Waals surface area contributed by atoms with Crippen LogP contribution in [-0.4, -0.2) is 9.97 Å². The van der Waals surface area contributed by atoms with Gasteiger partial charge >= 0.3 is 0 Å². The van der Waals surface area contributed by atoms with Crippen molar-refractivity contribution in [3.63, 3.8) is 0 Å². The summed E-state index contributed by atoms with van der Waals surface area (Å²) in [6, 6.07) is 7.38. The lowest BCUT2D eigenvalue weighted by atomic mass is 10.0. The highest BCUT2D eigenvalue weighted by atomic mass is 16.1. The summed E-state index contributed by atoms with van der Waals surface area (Å²) in [6.07, 6.45) is 2.59. The first-order valence-corrected chi connectivity index (χ1v) is 5.75. The van der Waals surface area contributed by atoms with Gasteiger partial charge in [-0.2, -0.15) is 5.26 Å². The summed E-state index contributed by atoms with van der Waals surface area (Å²) in [5.74, 6) is 0. The molecule has 0 unspecified atom stereocenters. The first kappa shape index (κ1) is 12.1. The lowest BCUT2D eigenvalue weighted by molar-refractivity contribution is 1.03. The molecule has 2 heterocycles. The molecular weight excluding hydrogens is 226 g/mol. The number of aromatic amines is 1. The molecular formula is C14H13N3O. The van der Waals surface area contributed by atoms with E-state index >= 15 is 0 Å². The molecule has 0 fully saturated rings. The SMILES string of the molecule is CCc1cc(-c2cc(C#N)c(=O)[nH]c2C)ccn1. The molecule has 1 N–H and O–H groups in total. The van der Waals surface area contributed by atoms with E-state index in [1.165, 1.54) is 0 Å². The molecule has 0 bridgehead atoms. The summed E-state index contributed by atoms with van der Waals surface area (Å²) in [5, 5.41) is 8.90. The Morgan fingerprint density at radius 2 is 2.22 bits per heavy atom. The van der Waals surface area contributed by atoms with Crippen molar-refractivity contribution in [2.45, 2.75) is 20.3 Å². The Balaban J connectivity index is 2.63. The van der Waals surface area contributed by atoms with Crippen molar-refractivity contribution in [3.05, 3.63) is 51.7 Å². The number of pyridine rings is 2. The smallest absolute Gasteiger partial charge is 0.266 e. The summed E-state index contributed by atoms with van der Waals surface area (Å²) in [6.45, 7) is 3.86. The van der Waals surface area contributed by atoms with Crippen LogP contribution in [0.4, 0.5) is 0 Å². The molecule has 0 amide bonds. The number of nitriles is 1. The normalized spacial score (nSPS) is 10.1. The highest BCUT2D eigenvalue weighted by Crippen LogP contribution is 2.22. The van der Waals surface area contributed by atoms with E-state index in [4.69, 9.17) is 5.26 Å². The third-order valence-corrected chi connectivity index (χ3v) is 2.85. The number of nitrogens with zero attached hydrogens (tertiary/aromatic N) is 2. The summed E-state index contributed by atoms with van der Waals surface area (Å²) in [7, 11) is 0. The maximum absolute atomic E-state index is 11.5. The fourth-order valence-electron chi connectivity index (χ4n) is 1.85. The second-order valence-electron chi connectivity index (χ2n) is 4.05. The monoisotopic (exact) mass is 239 g/mol. The molecule has 4 heteroatoms. The molecule has 2 aromatic rings. The largest absolute Gasteiger partial charge is 0.325 e. The second-order valence-corrected chi connectivity index (χ2v) is 4.05. The molecule has 0 aliphatic carbocycles. The summed E-state index contributed by atoms with van der Waals surface area (Å²) >= 11 is 0. The van der Waals surface area contributed by atoms with Gasteiger partial charge in [-0.15, -0.1) is 0 Å². The molecule has 0 saturated carbocycles. The van der Waals surface area contributed by atoms with Gasteiger partial charge < -0.3 is 4.98 Å². The minimum absolute atomic E-state index is 0.130. The molecule has 2 aromatic heterocycles. The van der Waals surface area contributed by atoms with E-state index in [-0.39, 0.29) is 11.1 Å². The Hall–Kier alpha value is -2.41. The maximum Gasteiger partial charge on any atom is 0.266 e. The number of aryl methyl sites for hydroxylation is 2. The van der Waals surface area contributed by atoms with Gasteiger partial charge in [0.15, 0.2) is 0 Å². The number of hydrogen-bond donors (Lipinski definition) is 1. The van der Waals surface area contributed by atoms with Crippen molar-refractivity contribution in [3.8, 4) is 17.2 Å². The van der Waals surface area contributed by atoms with Crippen LogP contribution in [-0.2, 0) is 6.42 Å². The Labute approximate surface area is 105 Å². The lowest BCUT2D eigenvalue weighted by Crippen LogP contribution is -2.12. The number of H-pyrrole nitrogens is 1. The zero-order valence-corrected chi connectivity index (χ0v) is 10.3. The van der Waals surface area contributed by atoms with Crippen LogP contribution in [0, 0.1) is 18.3 Å². The average Bonchev–Trinajstić information content (AvgIpc) is 2.39. The van der Waals surface area contributed by atoms with E-state index in [0.29, 0.717) is 0 Å². The van der Waals surface area contributed by atoms with Crippen molar-refractivity contribution in [1.29, 1.82) is 5.26 Å². The van der Waals surface area contributed by atoms with Gasteiger partial charge in [-0.3, -0.25) is 9.78 Å². The van der Waals surface area contributed by atoms with Gasteiger partial charge in [0.05, 0.1) is 0 Å². The van der Waals surface area contributed by atoms with E-state index in [1.807, 2.05) is 32.0 Å². The number of rotatable bonds is 2. The number of hydrogen-bond acceptors (Lipinski definition) is 3. The maximum atomic E-state index is 11.5. The Bertz CT molecular complexity index is 680. The van der Waals surface area contributed by atoms with Gasteiger partial charge in [0.25, 0.3) is 5.56 Å². The van der Waals surface area contributed by atoms with Crippen LogP contribution in [0.3, 0.4) is 0 Å². The minimum Gasteiger partial charge on any atom is -0.325 e. The summed E-state index contributed by atoms with van der Waals surface area (Å²) in [4.78, 5) is 18.4. The van der Waals surface area contributed by atoms with Crippen molar-refractivity contribution in [2.75, 3.05) is 0 Å². The van der Waals surface area contributed by atoms with Gasteiger partial charge in [0.1, 0.15) is 11.6 Å². The van der Waals surface area contributed by atoms with E-state index in [9.17, 15) is 4.79 Å². The van der Waals surface area contributed by atoms with Crippen molar-refractivity contribution >= 4 is 0 Å². The number of nitrogens with one attached hydrogen (secondary N) is 1. The third kappa shape index (κ3) is 2.16. The molecule has 18 heavy (non-hydrogen) atoms. The molecule has 0 aliphatic rings. The Morgan fingerprint density at radius 3 is 2.89 bits per heavy atom. The molecule has 0 saturated heterocycles. The topological polar surface area (TPSA) is 69.5 Å². The van der Waals surface area contributed by atoms with Crippen LogP contribution in [0.2, 0.25) is 0 Å². The fourth-order valence-corrected chi connectivity index (χ4v) is 1.85. The zero-order valence-electron chi connectivity index (χ0n) is 10.3. The lowest BCUT2D eigenvalue weighted by Gasteiger charge is -2.07. The first-order valence-electron chi connectivity index (χ1n) is 5.75. The highest BCUT2D eigenvalue weighted by Gasteiger charge is 2.08. The van der Waals surface area contributed by atoms with E-state index in [0.717, 1.165) is 28.9 Å². The van der Waals surface area contributed by atoms with Crippen LogP contribution < -0.4 is 5.56 Å². The van der Waals surface area contributed by atoms with E-state index < -0.39 is 0 Å². The van der Waals surface area contributed by atoms with Crippen LogP contribution in [0.5, 0.6) is 0 Å². The number of aromatic nitrogens is 2. The van der Waals surface area contributed by atoms with Crippen LogP contribution in [0.1, 0.15) is 23.9 Å². The predicted octanol–water partition coefficient (Wildman–Crippen LogP) is 2.18. The van der Waals surface area contributed by atoms with Crippen molar-refractivity contribution in [2.24, 2.45) is 0 Å². The highest BCUT2D eigenvalue weighted by molar-refractivity contribution is 5.67. The van der Waals surface area contributed by atoms with Crippen LogP contribution >= 0.6 is 0 Å². The molecule has 0 spiro atoms. The zero-order chi connectivity index (χ0) is 13.1. The summed E-state index contributed by atoms with van der Waals surface area (Å²) < 4.78 is 0. The molecule has 4 nitrogen and oxygen atoms in total. The fraction of sp³-hybridized carbons (Fsp3) is 0.214. The van der Waals surface area contributed by atoms with Gasteiger partial charge in [-0.05, 0) is 37.1 Å². The predicted molar refractivity (Wildman–Crippen MR) is 69.1 cm³/mol. The summed E-state index contributed by atoms with van der Waals surface area (Å²) in [5.41, 5.74) is 3.35. The van der Waals surface area contributed by atoms with E-state index in [2.05, 4.69) is 9.97 Å². The van der Waals surface area contributed by atoms with Gasteiger partial charge in [-0.1, -0.05) is 6.92 Å². The van der Waals surface area contributed by atoms with Crippen molar-refractivity contribution in [1.82, 2.24) is 9.97 Å². The second kappa shape index (κ2) is 4.84. The molecule has 0 radical (unpaired) electrons. The molecule has 0 aromatic carbocycles. The van der Waals surface area contributed by atoms with Gasteiger partial charge in [0, 0.05) is 23.1 Å². The standard InChI is InChI=1S/C14H13N3O/c1-3-12-6-10(4-5-16-12)13-7-11(8-15)14(18)17-9(13)2/h4-7H,3H2,1-2H3,(H,17,18). The Morgan fingerprint density at radius 1 is 1.44 bits per heavy atom. The van der Waals surface area contributed by atoms with Gasteiger partial charge in [0.2, 0.25) is 0 Å². The molecule has 2 rings (SSSR count). The van der Waals surface area contributed by atoms with Gasteiger partial charge in [-0.25, -0.2) is 0 Å². The van der Waals surface area contributed by atoms with Crippen LogP contribution in [0.15, 0.2) is 29.2 Å². The first-order chi connectivity index (χ1) is 8.65. The molecule has 0 aliphatic heterocycles. The van der Waals surface area contributed by atoms with Crippen LogP contribution in [0.25, 0.3) is 11.1 Å². The minimum atomic E-state index is -0.344. The van der Waals surface area contributed by atoms with Crippen molar-refractivity contribution < 1.29 is 0 Å². The quantitative estimate of drug-likeness (QED) is 0.873.